The van der Waals surface area contributed by atoms with Crippen molar-refractivity contribution in [3.05, 3.63) is 59.7 Å². The average molecular weight is 391 g/mol. The third-order valence-electron chi connectivity index (χ3n) is 3.90. The molecule has 2 aromatic rings. The molecule has 0 fully saturated rings. The average Bonchev–Trinajstić information content (AvgIpc) is 2.65. The number of ether oxygens (including phenoxy) is 1. The quantitative estimate of drug-likeness (QED) is 0.469. The summed E-state index contributed by atoms with van der Waals surface area (Å²) in [5, 5.41) is 11.6. The number of benzene rings is 2. The lowest BCUT2D eigenvalue weighted by molar-refractivity contribution is 0.336. The zero-order valence-corrected chi connectivity index (χ0v) is 16.4. The van der Waals surface area contributed by atoms with Gasteiger partial charge < -0.3 is 15.4 Å². The molecule has 0 radical (unpaired) electrons. The summed E-state index contributed by atoms with van der Waals surface area (Å²) in [5.41, 5.74) is 2.06. The van der Waals surface area contributed by atoms with E-state index in [9.17, 15) is 8.42 Å². The highest BCUT2D eigenvalue weighted by Crippen LogP contribution is 2.17. The highest BCUT2D eigenvalue weighted by Gasteiger charge is 2.07. The highest BCUT2D eigenvalue weighted by molar-refractivity contribution is 7.89. The molecule has 0 aliphatic heterocycles. The van der Waals surface area contributed by atoms with Gasteiger partial charge in [0.2, 0.25) is 10.0 Å². The van der Waals surface area contributed by atoms with E-state index in [4.69, 9.17) is 9.88 Å². The van der Waals surface area contributed by atoms with Crippen molar-refractivity contribution in [3.63, 3.8) is 0 Å². The van der Waals surface area contributed by atoms with Crippen LogP contribution in [-0.2, 0) is 23.0 Å². The third kappa shape index (κ3) is 6.58. The van der Waals surface area contributed by atoms with E-state index < -0.39 is 10.0 Å². The summed E-state index contributed by atoms with van der Waals surface area (Å²) in [6.07, 6.45) is 0.723. The van der Waals surface area contributed by atoms with Crippen LogP contribution in [0.2, 0.25) is 0 Å². The second-order valence-electron chi connectivity index (χ2n) is 5.83. The summed E-state index contributed by atoms with van der Waals surface area (Å²) in [4.78, 5) is 4.33. The van der Waals surface area contributed by atoms with Crippen LogP contribution in [0, 0.1) is 0 Å². The Morgan fingerprint density at radius 1 is 1.11 bits per heavy atom. The molecular weight excluding hydrogens is 364 g/mol. The molecule has 2 aromatic carbocycles. The third-order valence-corrected chi connectivity index (χ3v) is 4.83. The molecule has 8 heteroatoms. The van der Waals surface area contributed by atoms with Crippen LogP contribution in [0.3, 0.4) is 0 Å². The van der Waals surface area contributed by atoms with E-state index in [1.807, 2.05) is 31.2 Å². The van der Waals surface area contributed by atoms with Gasteiger partial charge in [-0.3, -0.25) is 4.99 Å². The van der Waals surface area contributed by atoms with Gasteiger partial charge in [-0.2, -0.15) is 0 Å². The molecule has 0 aliphatic carbocycles. The second-order valence-corrected chi connectivity index (χ2v) is 7.39. The van der Waals surface area contributed by atoms with E-state index in [-0.39, 0.29) is 4.90 Å². The first-order valence-corrected chi connectivity index (χ1v) is 10.3. The van der Waals surface area contributed by atoms with Crippen molar-refractivity contribution in [1.29, 1.82) is 0 Å². The minimum absolute atomic E-state index is 0.115. The van der Waals surface area contributed by atoms with E-state index in [1.54, 1.807) is 19.2 Å². The summed E-state index contributed by atoms with van der Waals surface area (Å²) in [5.74, 6) is 1.54. The molecule has 0 aliphatic rings. The fourth-order valence-electron chi connectivity index (χ4n) is 2.52. The predicted molar refractivity (Wildman–Crippen MR) is 107 cm³/mol. The molecule has 0 saturated carbocycles. The van der Waals surface area contributed by atoms with Crippen molar-refractivity contribution >= 4 is 16.0 Å². The number of nitrogens with one attached hydrogen (secondary N) is 2. The molecule has 0 amide bonds. The van der Waals surface area contributed by atoms with Crippen molar-refractivity contribution < 1.29 is 13.2 Å². The molecule has 0 heterocycles. The maximum absolute atomic E-state index is 11.3. The van der Waals surface area contributed by atoms with Gasteiger partial charge in [0.1, 0.15) is 5.75 Å². The molecule has 0 aromatic heterocycles. The number of hydrogen-bond donors (Lipinski definition) is 3. The Morgan fingerprint density at radius 2 is 1.81 bits per heavy atom. The van der Waals surface area contributed by atoms with E-state index in [0.717, 1.165) is 23.3 Å². The van der Waals surface area contributed by atoms with Crippen molar-refractivity contribution in [3.8, 4) is 5.75 Å². The van der Waals surface area contributed by atoms with Crippen LogP contribution in [0.15, 0.2) is 58.4 Å². The van der Waals surface area contributed by atoms with Crippen LogP contribution in [-0.4, -0.2) is 34.6 Å². The monoisotopic (exact) mass is 390 g/mol. The van der Waals surface area contributed by atoms with Crippen molar-refractivity contribution in [2.75, 3.05) is 20.2 Å². The lowest BCUT2D eigenvalue weighted by Gasteiger charge is -2.14. The van der Waals surface area contributed by atoms with E-state index in [2.05, 4.69) is 15.6 Å². The molecule has 146 valence electrons. The van der Waals surface area contributed by atoms with Gasteiger partial charge in [0.25, 0.3) is 0 Å². The lowest BCUT2D eigenvalue weighted by atomic mass is 10.1. The summed E-state index contributed by atoms with van der Waals surface area (Å²) < 4.78 is 28.2. The van der Waals surface area contributed by atoms with Gasteiger partial charge in [-0.1, -0.05) is 30.3 Å². The Balaban J connectivity index is 1.84. The highest BCUT2D eigenvalue weighted by atomic mass is 32.2. The van der Waals surface area contributed by atoms with Crippen LogP contribution < -0.4 is 20.5 Å². The number of guanidine groups is 1. The predicted octanol–water partition coefficient (Wildman–Crippen LogP) is 1.64. The van der Waals surface area contributed by atoms with Crippen LogP contribution in [0.25, 0.3) is 0 Å². The first-order valence-electron chi connectivity index (χ1n) is 8.71. The molecule has 4 N–H and O–H groups in total. The number of para-hydroxylation sites is 1. The van der Waals surface area contributed by atoms with Crippen molar-refractivity contribution in [1.82, 2.24) is 10.6 Å². The molecule has 27 heavy (non-hydrogen) atoms. The molecule has 0 spiro atoms. The number of hydrogen-bond acceptors (Lipinski definition) is 4. The summed E-state index contributed by atoms with van der Waals surface area (Å²) in [6, 6.07) is 14.4. The first-order chi connectivity index (χ1) is 12.9. The zero-order chi connectivity index (χ0) is 19.7. The smallest absolute Gasteiger partial charge is 0.238 e. The fraction of sp³-hybridized carbons (Fsp3) is 0.316. The summed E-state index contributed by atoms with van der Waals surface area (Å²) in [6.45, 7) is 3.83. The molecule has 2 rings (SSSR count). The number of aliphatic imine (C=N–C) groups is 1. The maximum atomic E-state index is 11.3. The number of nitrogens with zero attached hydrogens (tertiary/aromatic N) is 1. The summed E-state index contributed by atoms with van der Waals surface area (Å²) in [7, 11) is -1.94. The zero-order valence-electron chi connectivity index (χ0n) is 15.6. The lowest BCUT2D eigenvalue weighted by Crippen LogP contribution is -2.37. The van der Waals surface area contributed by atoms with Gasteiger partial charge in [0.05, 0.1) is 11.5 Å². The van der Waals surface area contributed by atoms with Crippen LogP contribution >= 0.6 is 0 Å². The van der Waals surface area contributed by atoms with Crippen LogP contribution in [0.5, 0.6) is 5.75 Å². The molecule has 0 unspecified atom stereocenters. The number of sulfonamides is 1. The second kappa shape index (κ2) is 9.94. The Labute approximate surface area is 160 Å². The maximum Gasteiger partial charge on any atom is 0.238 e. The first kappa shape index (κ1) is 20.7. The molecule has 0 atom stereocenters. The van der Waals surface area contributed by atoms with Gasteiger partial charge in [-0.25, -0.2) is 13.6 Å². The van der Waals surface area contributed by atoms with E-state index in [0.29, 0.717) is 25.7 Å². The van der Waals surface area contributed by atoms with Gasteiger partial charge in [0.15, 0.2) is 5.96 Å². The molecule has 7 nitrogen and oxygen atoms in total. The normalized spacial score (nSPS) is 11.9. The van der Waals surface area contributed by atoms with Gasteiger partial charge >= 0.3 is 0 Å². The van der Waals surface area contributed by atoms with Crippen LogP contribution in [0.1, 0.15) is 18.1 Å². The Kier molecular flexibility index (Phi) is 7.63. The van der Waals surface area contributed by atoms with Crippen molar-refractivity contribution in [2.24, 2.45) is 10.1 Å². The Bertz CT molecular complexity index is 865. The fourth-order valence-corrected chi connectivity index (χ4v) is 3.03. The van der Waals surface area contributed by atoms with Crippen LogP contribution in [0.4, 0.5) is 0 Å². The Hall–Kier alpha value is -2.58. The van der Waals surface area contributed by atoms with Crippen molar-refractivity contribution in [2.45, 2.75) is 24.8 Å². The topological polar surface area (TPSA) is 106 Å². The van der Waals surface area contributed by atoms with E-state index >= 15 is 0 Å². The SMILES string of the molecule is CCOc1ccccc1CNC(=NC)NCCc1ccc(S(N)(=O)=O)cc1. The number of nitrogens with two attached hydrogens (primary N) is 1. The number of rotatable bonds is 8. The summed E-state index contributed by atoms with van der Waals surface area (Å²) >= 11 is 0. The Morgan fingerprint density at radius 3 is 2.44 bits per heavy atom. The molecular formula is C19H26N4O3S. The largest absolute Gasteiger partial charge is 0.494 e. The molecule has 0 saturated heterocycles. The van der Waals surface area contributed by atoms with E-state index in [1.165, 1.54) is 12.1 Å². The minimum Gasteiger partial charge on any atom is -0.494 e. The minimum atomic E-state index is -3.65. The van der Waals surface area contributed by atoms with Gasteiger partial charge in [0, 0.05) is 25.7 Å². The van der Waals surface area contributed by atoms with Gasteiger partial charge in [-0.15, -0.1) is 0 Å². The molecule has 0 bridgehead atoms. The van der Waals surface area contributed by atoms with Gasteiger partial charge in [-0.05, 0) is 37.1 Å². The number of primary sulfonamides is 1. The standard InChI is InChI=1S/C19H26N4O3S/c1-3-26-18-7-5-4-6-16(18)14-23-19(21-2)22-13-12-15-8-10-17(11-9-15)27(20,24)25/h4-11H,3,12-14H2,1-2H3,(H2,20,24,25)(H2,21,22,23).